The Bertz CT molecular complexity index is 998. The van der Waals surface area contributed by atoms with Gasteiger partial charge in [-0.1, -0.05) is 42.8 Å². The van der Waals surface area contributed by atoms with Gasteiger partial charge in [-0.15, -0.1) is 0 Å². The molecule has 0 amide bonds. The second kappa shape index (κ2) is 8.03. The van der Waals surface area contributed by atoms with Crippen LogP contribution in [0.3, 0.4) is 0 Å². The van der Waals surface area contributed by atoms with Crippen LogP contribution in [-0.4, -0.2) is 62.7 Å². The van der Waals surface area contributed by atoms with Crippen LogP contribution in [0.1, 0.15) is 47.0 Å². The molecule has 0 aliphatic heterocycles. The molecule has 3 fully saturated rings. The number of rotatable bonds is 4. The third kappa shape index (κ3) is 2.86. The minimum Gasteiger partial charge on any atom is -0.450 e. The van der Waals surface area contributed by atoms with Gasteiger partial charge in [-0.05, 0) is 43.4 Å². The summed E-state index contributed by atoms with van der Waals surface area (Å²) in [6.45, 7) is 5.56. The number of halogens is 3. The molecule has 0 heterocycles. The molecule has 4 unspecified atom stereocenters. The van der Waals surface area contributed by atoms with Crippen molar-refractivity contribution in [3.8, 4) is 0 Å². The molecule has 188 valence electrons. The van der Waals surface area contributed by atoms with E-state index in [1.54, 1.807) is 20.8 Å². The Morgan fingerprint density at radius 2 is 1.97 bits per heavy atom. The summed E-state index contributed by atoms with van der Waals surface area (Å²) < 4.78 is 39.0. The van der Waals surface area contributed by atoms with Crippen molar-refractivity contribution in [1.29, 1.82) is 0 Å². The molecule has 9 heteroatoms. The Balaban J connectivity index is 1.92. The van der Waals surface area contributed by atoms with Crippen molar-refractivity contribution in [1.82, 2.24) is 0 Å². The number of hydrogen-bond donors (Lipinski definition) is 2. The fraction of sp³-hybridized carbons (Fsp3) is 0.720. The first-order valence-corrected chi connectivity index (χ1v) is 12.6. The number of esters is 1. The highest BCUT2D eigenvalue weighted by Crippen LogP contribution is 2.72. The average Bonchev–Trinajstić information content (AvgIpc) is 3.00. The summed E-state index contributed by atoms with van der Waals surface area (Å²) in [5.74, 6) is -4.16. The van der Waals surface area contributed by atoms with Crippen LogP contribution >= 0.6 is 15.9 Å². The van der Waals surface area contributed by atoms with Crippen molar-refractivity contribution in [3.63, 3.8) is 0 Å². The number of ketones is 2. The predicted octanol–water partition coefficient (Wildman–Crippen LogP) is 3.18. The molecule has 0 spiro atoms. The molecule has 0 radical (unpaired) electrons. The fourth-order valence-corrected chi connectivity index (χ4v) is 8.74. The second-order valence-corrected chi connectivity index (χ2v) is 11.8. The maximum Gasteiger partial charge on any atom is 0.306 e. The van der Waals surface area contributed by atoms with Gasteiger partial charge in [0.05, 0.1) is 10.9 Å². The minimum absolute atomic E-state index is 0.00830. The first kappa shape index (κ1) is 25.6. The summed E-state index contributed by atoms with van der Waals surface area (Å²) in [5.41, 5.74) is -7.00. The third-order valence-corrected chi connectivity index (χ3v) is 10.3. The standard InChI is InChI=1S/C25H31BrF2O6/c1-5-18(33)34-25(17(32)11-29)12(2)8-14-19-20(26)21(27)15-9-13(30)6-7-22(15,3)24(19,28)16(31)10-23(14,25)4/h6-7,9,12,14,16,19-21,29,31H,5,8,10-11H2,1-4H3/t12?,14-,16?,19+,20?,21?,22-,23-,24+,25-/m0/s1. The number of Topliss-reactive ketones (excluding diaryl/α,β-unsaturated/α-hetero) is 1. The molecule has 3 saturated carbocycles. The fourth-order valence-electron chi connectivity index (χ4n) is 7.70. The molecule has 2 N–H and O–H groups in total. The van der Waals surface area contributed by atoms with Crippen molar-refractivity contribution >= 4 is 33.5 Å². The number of aliphatic hydroxyl groups is 2. The topological polar surface area (TPSA) is 101 Å². The highest BCUT2D eigenvalue weighted by Gasteiger charge is 2.79. The van der Waals surface area contributed by atoms with Crippen molar-refractivity contribution < 1.29 is 38.1 Å². The number of ether oxygens (including phenoxy) is 1. The lowest BCUT2D eigenvalue weighted by Crippen LogP contribution is -2.73. The molecule has 0 aromatic rings. The molecule has 10 atom stereocenters. The predicted molar refractivity (Wildman–Crippen MR) is 122 cm³/mol. The van der Waals surface area contributed by atoms with Gasteiger partial charge in [0.1, 0.15) is 12.8 Å². The van der Waals surface area contributed by atoms with E-state index in [9.17, 15) is 24.6 Å². The average molecular weight is 545 g/mol. The van der Waals surface area contributed by atoms with E-state index in [0.717, 1.165) is 6.08 Å². The zero-order chi connectivity index (χ0) is 25.4. The summed E-state index contributed by atoms with van der Waals surface area (Å²) in [4.78, 5) is 36.6. The summed E-state index contributed by atoms with van der Waals surface area (Å²) in [6.07, 6.45) is 0.268. The highest BCUT2D eigenvalue weighted by molar-refractivity contribution is 9.09. The molecule has 0 saturated heterocycles. The van der Waals surface area contributed by atoms with Gasteiger partial charge in [0.25, 0.3) is 0 Å². The highest BCUT2D eigenvalue weighted by atomic mass is 79.9. The smallest absolute Gasteiger partial charge is 0.306 e. The number of aliphatic hydroxyl groups excluding tert-OH is 2. The number of carbonyl (C=O) groups excluding carboxylic acids is 3. The van der Waals surface area contributed by atoms with Crippen molar-refractivity contribution in [2.45, 2.75) is 75.3 Å². The zero-order valence-corrected chi connectivity index (χ0v) is 21.3. The lowest BCUT2D eigenvalue weighted by atomic mass is 9.44. The lowest BCUT2D eigenvalue weighted by molar-refractivity contribution is -0.229. The molecule has 0 bridgehead atoms. The van der Waals surface area contributed by atoms with E-state index in [4.69, 9.17) is 4.74 Å². The number of carbonyl (C=O) groups is 3. The van der Waals surface area contributed by atoms with Crippen molar-refractivity contribution in [2.24, 2.45) is 28.6 Å². The minimum atomic E-state index is -2.36. The monoisotopic (exact) mass is 544 g/mol. The zero-order valence-electron chi connectivity index (χ0n) is 19.7. The number of allylic oxidation sites excluding steroid dienone is 4. The van der Waals surface area contributed by atoms with E-state index < -0.39 is 81.1 Å². The molecule has 0 aromatic heterocycles. The number of fused-ring (bicyclic) bond motifs is 5. The van der Waals surface area contributed by atoms with E-state index in [0.29, 0.717) is 0 Å². The summed E-state index contributed by atoms with van der Waals surface area (Å²) in [6, 6.07) is 0. The SMILES string of the molecule is CCC(=O)O[C@]1(C(=O)CO)C(C)C[C@H]2[C@@H]3C(Br)C(F)C4=CC(=O)C=C[C@]4(C)[C@@]3(F)C(O)C[C@@]21C. The number of hydrogen-bond acceptors (Lipinski definition) is 6. The Labute approximate surface area is 205 Å². The lowest BCUT2D eigenvalue weighted by Gasteiger charge is -2.64. The van der Waals surface area contributed by atoms with Gasteiger partial charge >= 0.3 is 5.97 Å². The van der Waals surface area contributed by atoms with Crippen LogP contribution < -0.4 is 0 Å². The van der Waals surface area contributed by atoms with E-state index in [-0.39, 0.29) is 24.8 Å². The van der Waals surface area contributed by atoms with Gasteiger partial charge in [-0.3, -0.25) is 14.4 Å². The molecule has 4 aliphatic carbocycles. The Morgan fingerprint density at radius 1 is 1.32 bits per heavy atom. The summed E-state index contributed by atoms with van der Waals surface area (Å²) in [7, 11) is 0. The number of alkyl halides is 3. The van der Waals surface area contributed by atoms with Crippen LogP contribution in [-0.2, 0) is 19.1 Å². The normalized spacial score (nSPS) is 49.6. The quantitative estimate of drug-likeness (QED) is 0.416. The van der Waals surface area contributed by atoms with Crippen LogP contribution in [0.4, 0.5) is 8.78 Å². The van der Waals surface area contributed by atoms with Crippen LogP contribution in [0.2, 0.25) is 0 Å². The molecular weight excluding hydrogens is 514 g/mol. The van der Waals surface area contributed by atoms with Crippen LogP contribution in [0.25, 0.3) is 0 Å². The van der Waals surface area contributed by atoms with Gasteiger partial charge in [0.2, 0.25) is 5.78 Å². The third-order valence-electron chi connectivity index (χ3n) is 9.30. The van der Waals surface area contributed by atoms with Gasteiger partial charge in [-0.2, -0.15) is 0 Å². The van der Waals surface area contributed by atoms with Crippen LogP contribution in [0.15, 0.2) is 23.8 Å². The maximum atomic E-state index is 17.4. The van der Waals surface area contributed by atoms with Gasteiger partial charge in [0.15, 0.2) is 17.1 Å². The molecule has 4 rings (SSSR count). The largest absolute Gasteiger partial charge is 0.450 e. The summed E-state index contributed by atoms with van der Waals surface area (Å²) >= 11 is 3.36. The van der Waals surface area contributed by atoms with Crippen molar-refractivity contribution in [3.05, 3.63) is 23.8 Å². The van der Waals surface area contributed by atoms with E-state index in [1.807, 2.05) is 0 Å². The molecule has 6 nitrogen and oxygen atoms in total. The first-order valence-electron chi connectivity index (χ1n) is 11.7. The molecule has 0 aromatic carbocycles. The van der Waals surface area contributed by atoms with Crippen LogP contribution in [0, 0.1) is 28.6 Å². The molecular formula is C25H31BrF2O6. The van der Waals surface area contributed by atoms with Gasteiger partial charge in [0, 0.05) is 29.1 Å². The maximum absolute atomic E-state index is 17.4. The Hall–Kier alpha value is -1.45. The van der Waals surface area contributed by atoms with E-state index in [1.165, 1.54) is 19.1 Å². The Morgan fingerprint density at radius 3 is 2.56 bits per heavy atom. The molecule has 34 heavy (non-hydrogen) atoms. The summed E-state index contributed by atoms with van der Waals surface area (Å²) in [5, 5.41) is 21.3. The van der Waals surface area contributed by atoms with E-state index in [2.05, 4.69) is 15.9 Å². The van der Waals surface area contributed by atoms with Gasteiger partial charge < -0.3 is 14.9 Å². The van der Waals surface area contributed by atoms with Crippen molar-refractivity contribution in [2.75, 3.05) is 6.61 Å². The first-order chi connectivity index (χ1) is 15.8. The second-order valence-electron chi connectivity index (χ2n) is 10.7. The molecule has 4 aliphatic rings. The van der Waals surface area contributed by atoms with Gasteiger partial charge in [-0.25, -0.2) is 8.78 Å². The Kier molecular flexibility index (Phi) is 6.06. The van der Waals surface area contributed by atoms with Crippen LogP contribution in [0.5, 0.6) is 0 Å². The van der Waals surface area contributed by atoms with E-state index >= 15 is 8.78 Å².